The van der Waals surface area contributed by atoms with E-state index in [0.29, 0.717) is 6.54 Å². The normalized spacial score (nSPS) is 20.0. The highest BCUT2D eigenvalue weighted by molar-refractivity contribution is 9.10. The number of amides is 1. The van der Waals surface area contributed by atoms with Gasteiger partial charge in [0.05, 0.1) is 6.04 Å². The summed E-state index contributed by atoms with van der Waals surface area (Å²) in [6.45, 7) is 8.05. The van der Waals surface area contributed by atoms with Gasteiger partial charge in [-0.3, -0.25) is 4.90 Å². The maximum absolute atomic E-state index is 12.5. The lowest BCUT2D eigenvalue weighted by molar-refractivity contribution is 0.0171. The fourth-order valence-electron chi connectivity index (χ4n) is 2.47. The van der Waals surface area contributed by atoms with E-state index in [9.17, 15) is 4.79 Å². The van der Waals surface area contributed by atoms with Crippen molar-refractivity contribution >= 4 is 22.0 Å². The fraction of sp³-hybridized carbons (Fsp3) is 0.562. The molecular formula is C16H23BrN2O2. The van der Waals surface area contributed by atoms with Gasteiger partial charge in [-0.15, -0.1) is 0 Å². The van der Waals surface area contributed by atoms with Crippen molar-refractivity contribution in [2.75, 3.05) is 19.6 Å². The molecule has 1 aromatic rings. The number of carbonyl (C=O) groups is 1. The van der Waals surface area contributed by atoms with E-state index >= 15 is 0 Å². The van der Waals surface area contributed by atoms with E-state index in [1.165, 1.54) is 0 Å². The van der Waals surface area contributed by atoms with Gasteiger partial charge in [0.15, 0.2) is 0 Å². The zero-order valence-electron chi connectivity index (χ0n) is 12.9. The molecule has 1 saturated heterocycles. The average molecular weight is 355 g/mol. The first-order valence-corrected chi connectivity index (χ1v) is 8.12. The molecule has 5 heteroatoms. The van der Waals surface area contributed by atoms with Gasteiger partial charge in [0.25, 0.3) is 0 Å². The van der Waals surface area contributed by atoms with Gasteiger partial charge >= 0.3 is 6.09 Å². The number of hydrogen-bond acceptors (Lipinski definition) is 3. The predicted molar refractivity (Wildman–Crippen MR) is 87.3 cm³/mol. The molecule has 0 aliphatic carbocycles. The Labute approximate surface area is 135 Å². The molecule has 1 amide bonds. The lowest BCUT2D eigenvalue weighted by atomic mass is 10.0. The lowest BCUT2D eigenvalue weighted by Crippen LogP contribution is -2.40. The predicted octanol–water partition coefficient (Wildman–Crippen LogP) is 3.72. The number of nitrogens with zero attached hydrogens (tertiary/aromatic N) is 1. The Hall–Kier alpha value is -1.07. The lowest BCUT2D eigenvalue weighted by Gasteiger charge is -2.32. The van der Waals surface area contributed by atoms with Gasteiger partial charge < -0.3 is 10.1 Å². The van der Waals surface area contributed by atoms with E-state index in [1.54, 1.807) is 0 Å². The van der Waals surface area contributed by atoms with Gasteiger partial charge in [-0.05, 0) is 51.4 Å². The smallest absolute Gasteiger partial charge is 0.410 e. The Kier molecular flexibility index (Phi) is 5.27. The van der Waals surface area contributed by atoms with Crippen LogP contribution in [0.15, 0.2) is 28.7 Å². The van der Waals surface area contributed by atoms with Crippen LogP contribution in [0.4, 0.5) is 4.79 Å². The molecular weight excluding hydrogens is 332 g/mol. The molecule has 1 aliphatic heterocycles. The third-order valence-corrected chi connectivity index (χ3v) is 3.85. The van der Waals surface area contributed by atoms with Crippen LogP contribution in [-0.4, -0.2) is 36.2 Å². The minimum absolute atomic E-state index is 0.0485. The topological polar surface area (TPSA) is 41.6 Å². The van der Waals surface area contributed by atoms with Crippen LogP contribution in [0.2, 0.25) is 0 Å². The van der Waals surface area contributed by atoms with Gasteiger partial charge in [0, 0.05) is 17.6 Å². The SMILES string of the molecule is CC(C)(C)OC(=O)N1CCNCCC1c1cccc(Br)c1. The summed E-state index contributed by atoms with van der Waals surface area (Å²) in [6, 6.07) is 8.19. The van der Waals surface area contributed by atoms with Crippen molar-refractivity contribution < 1.29 is 9.53 Å². The van der Waals surface area contributed by atoms with Gasteiger partial charge in [0.1, 0.15) is 5.60 Å². The molecule has 1 N–H and O–H groups in total. The molecule has 4 nitrogen and oxygen atoms in total. The molecule has 0 saturated carbocycles. The van der Waals surface area contributed by atoms with Gasteiger partial charge in [-0.25, -0.2) is 4.79 Å². The minimum atomic E-state index is -0.474. The highest BCUT2D eigenvalue weighted by atomic mass is 79.9. The van der Waals surface area contributed by atoms with Crippen molar-refractivity contribution in [2.45, 2.75) is 38.8 Å². The summed E-state index contributed by atoms with van der Waals surface area (Å²) in [6.07, 6.45) is 0.645. The van der Waals surface area contributed by atoms with Crippen molar-refractivity contribution in [2.24, 2.45) is 0 Å². The van der Waals surface area contributed by atoms with E-state index in [1.807, 2.05) is 37.8 Å². The number of carbonyl (C=O) groups excluding carboxylic acids is 1. The maximum atomic E-state index is 12.5. The highest BCUT2D eigenvalue weighted by Gasteiger charge is 2.30. The molecule has 1 atom stereocenters. The largest absolute Gasteiger partial charge is 0.444 e. The van der Waals surface area contributed by atoms with Crippen LogP contribution in [0.25, 0.3) is 0 Å². The van der Waals surface area contributed by atoms with Crippen molar-refractivity contribution in [1.82, 2.24) is 10.2 Å². The quantitative estimate of drug-likeness (QED) is 0.835. The standard InChI is InChI=1S/C16H23BrN2O2/c1-16(2,3)21-15(20)19-10-9-18-8-7-14(19)12-5-4-6-13(17)11-12/h4-6,11,14,18H,7-10H2,1-3H3. The second kappa shape index (κ2) is 6.79. The first kappa shape index (κ1) is 16.3. The molecule has 0 spiro atoms. The summed E-state index contributed by atoms with van der Waals surface area (Å²) in [5.41, 5.74) is 0.664. The Morgan fingerprint density at radius 3 is 2.81 bits per heavy atom. The summed E-state index contributed by atoms with van der Waals surface area (Å²) in [7, 11) is 0. The third-order valence-electron chi connectivity index (χ3n) is 3.36. The Bertz CT molecular complexity index is 499. The first-order valence-electron chi connectivity index (χ1n) is 7.32. The minimum Gasteiger partial charge on any atom is -0.444 e. The van der Waals surface area contributed by atoms with Crippen LogP contribution in [-0.2, 0) is 4.74 Å². The van der Waals surface area contributed by atoms with Gasteiger partial charge in [0.2, 0.25) is 0 Å². The maximum Gasteiger partial charge on any atom is 0.410 e. The summed E-state index contributed by atoms with van der Waals surface area (Å²) in [5.74, 6) is 0. The summed E-state index contributed by atoms with van der Waals surface area (Å²) in [4.78, 5) is 14.3. The van der Waals surface area contributed by atoms with Crippen molar-refractivity contribution in [3.05, 3.63) is 34.3 Å². The molecule has 1 heterocycles. The van der Waals surface area contributed by atoms with E-state index in [-0.39, 0.29) is 12.1 Å². The number of hydrogen-bond donors (Lipinski definition) is 1. The van der Waals surface area contributed by atoms with Crippen LogP contribution < -0.4 is 5.32 Å². The van der Waals surface area contributed by atoms with Crippen LogP contribution in [0.1, 0.15) is 38.8 Å². The zero-order valence-corrected chi connectivity index (χ0v) is 14.4. The van der Waals surface area contributed by atoms with Crippen molar-refractivity contribution in [3.63, 3.8) is 0 Å². The van der Waals surface area contributed by atoms with Crippen LogP contribution in [0, 0.1) is 0 Å². The van der Waals surface area contributed by atoms with E-state index in [2.05, 4.69) is 33.4 Å². The molecule has 0 radical (unpaired) electrons. The monoisotopic (exact) mass is 354 g/mol. The Balaban J connectivity index is 2.24. The molecule has 2 rings (SSSR count). The zero-order chi connectivity index (χ0) is 15.5. The molecule has 1 unspecified atom stereocenters. The van der Waals surface area contributed by atoms with Crippen molar-refractivity contribution in [3.8, 4) is 0 Å². The summed E-state index contributed by atoms with van der Waals surface area (Å²) >= 11 is 3.50. The molecule has 1 fully saturated rings. The number of benzene rings is 1. The number of nitrogens with one attached hydrogen (secondary N) is 1. The highest BCUT2D eigenvalue weighted by Crippen LogP contribution is 2.28. The number of rotatable bonds is 1. The Morgan fingerprint density at radius 2 is 2.14 bits per heavy atom. The number of halogens is 1. The molecule has 0 bridgehead atoms. The molecule has 116 valence electrons. The molecule has 0 aromatic heterocycles. The van der Waals surface area contributed by atoms with Crippen LogP contribution in [0.3, 0.4) is 0 Å². The van der Waals surface area contributed by atoms with Crippen molar-refractivity contribution in [1.29, 1.82) is 0 Å². The number of ether oxygens (including phenoxy) is 1. The second-order valence-electron chi connectivity index (χ2n) is 6.28. The van der Waals surface area contributed by atoms with Crippen LogP contribution >= 0.6 is 15.9 Å². The van der Waals surface area contributed by atoms with E-state index < -0.39 is 5.60 Å². The third kappa shape index (κ3) is 4.71. The molecule has 1 aliphatic rings. The molecule has 1 aromatic carbocycles. The average Bonchev–Trinajstić information content (AvgIpc) is 2.62. The Morgan fingerprint density at radius 1 is 1.38 bits per heavy atom. The second-order valence-corrected chi connectivity index (χ2v) is 7.20. The van der Waals surface area contributed by atoms with Crippen LogP contribution in [0.5, 0.6) is 0 Å². The van der Waals surface area contributed by atoms with E-state index in [0.717, 1.165) is 29.5 Å². The summed E-state index contributed by atoms with van der Waals surface area (Å²) < 4.78 is 6.59. The molecule has 21 heavy (non-hydrogen) atoms. The fourth-order valence-corrected chi connectivity index (χ4v) is 2.89. The first-order chi connectivity index (χ1) is 9.87. The van der Waals surface area contributed by atoms with Gasteiger partial charge in [-0.2, -0.15) is 0 Å². The van der Waals surface area contributed by atoms with E-state index in [4.69, 9.17) is 4.74 Å². The summed E-state index contributed by atoms with van der Waals surface area (Å²) in [5, 5.41) is 3.35. The van der Waals surface area contributed by atoms with Gasteiger partial charge in [-0.1, -0.05) is 28.1 Å².